The highest BCUT2D eigenvalue weighted by atomic mass is 16.6. The van der Waals surface area contributed by atoms with E-state index in [2.05, 4.69) is 32.9 Å². The lowest BCUT2D eigenvalue weighted by Gasteiger charge is -2.20. The van der Waals surface area contributed by atoms with E-state index in [1.54, 1.807) is 0 Å². The van der Waals surface area contributed by atoms with E-state index in [1.807, 2.05) is 13.0 Å². The summed E-state index contributed by atoms with van der Waals surface area (Å²) in [5.41, 5.74) is 1.20. The Balaban J connectivity index is 2.18. The molecule has 0 bridgehead atoms. The van der Waals surface area contributed by atoms with Crippen molar-refractivity contribution in [3.05, 3.63) is 23.8 Å². The molecule has 1 heterocycles. The first-order valence-corrected chi connectivity index (χ1v) is 6.54. The fourth-order valence-electron chi connectivity index (χ4n) is 2.52. The molecule has 0 saturated carbocycles. The summed E-state index contributed by atoms with van der Waals surface area (Å²) in [5.74, 6) is 0. The quantitative estimate of drug-likeness (QED) is 0.517. The summed E-state index contributed by atoms with van der Waals surface area (Å²) < 4.78 is 5.85. The molecule has 2 heteroatoms. The van der Waals surface area contributed by atoms with E-state index in [1.165, 1.54) is 0 Å². The minimum atomic E-state index is -0.433. The van der Waals surface area contributed by atoms with Gasteiger partial charge >= 0.3 is 0 Å². The van der Waals surface area contributed by atoms with Gasteiger partial charge in [0.05, 0.1) is 17.8 Å². The molecule has 1 saturated heterocycles. The highest BCUT2D eigenvalue weighted by Crippen LogP contribution is 2.46. The highest BCUT2D eigenvalue weighted by Gasteiger charge is 2.52. The summed E-state index contributed by atoms with van der Waals surface area (Å²) in [5, 5.41) is 9.98. The van der Waals surface area contributed by atoms with Gasteiger partial charge in [-0.2, -0.15) is 0 Å². The van der Waals surface area contributed by atoms with Crippen LogP contribution in [0.5, 0.6) is 0 Å². The number of rotatable bonds is 0. The van der Waals surface area contributed by atoms with Crippen molar-refractivity contribution in [3.8, 4) is 0 Å². The molecule has 0 amide bonds. The Hall–Kier alpha value is -0.600. The molecule has 2 nitrogen and oxygen atoms in total. The van der Waals surface area contributed by atoms with Gasteiger partial charge in [-0.05, 0) is 44.1 Å². The van der Waals surface area contributed by atoms with Crippen LogP contribution in [0, 0.1) is 5.41 Å². The molecule has 1 N–H and O–H groups in total. The summed E-state index contributed by atoms with van der Waals surface area (Å²) >= 11 is 0. The van der Waals surface area contributed by atoms with E-state index in [0.29, 0.717) is 6.10 Å². The second-order valence-corrected chi connectivity index (χ2v) is 6.40. The second kappa shape index (κ2) is 4.25. The Morgan fingerprint density at radius 2 is 2.06 bits per heavy atom. The lowest BCUT2D eigenvalue weighted by atomic mass is 9.84. The van der Waals surface area contributed by atoms with Gasteiger partial charge in [0.25, 0.3) is 0 Å². The zero-order valence-electron chi connectivity index (χ0n) is 11.4. The fraction of sp³-hybridized carbons (Fsp3) is 0.733. The number of aliphatic hydroxyl groups is 1. The number of fused-ring (bicyclic) bond motifs is 1. The van der Waals surface area contributed by atoms with Crippen LogP contribution < -0.4 is 0 Å². The fourth-order valence-corrected chi connectivity index (χ4v) is 2.52. The Bertz CT molecular complexity index is 354. The van der Waals surface area contributed by atoms with Crippen LogP contribution in [0.3, 0.4) is 0 Å². The summed E-state index contributed by atoms with van der Waals surface area (Å²) in [6.07, 6.45) is 9.20. The molecular weight excluding hydrogens is 212 g/mol. The summed E-state index contributed by atoms with van der Waals surface area (Å²) in [7, 11) is 0. The Labute approximate surface area is 104 Å². The third kappa shape index (κ3) is 2.99. The third-order valence-corrected chi connectivity index (χ3v) is 4.05. The largest absolute Gasteiger partial charge is 0.385 e. The number of epoxide rings is 1. The average Bonchev–Trinajstić information content (AvgIpc) is 2.83. The second-order valence-electron chi connectivity index (χ2n) is 6.40. The summed E-state index contributed by atoms with van der Waals surface area (Å²) in [4.78, 5) is 0. The molecule has 17 heavy (non-hydrogen) atoms. The molecule has 0 aromatic rings. The van der Waals surface area contributed by atoms with Crippen LogP contribution in [0.1, 0.15) is 47.0 Å². The van der Waals surface area contributed by atoms with Crippen LogP contribution >= 0.6 is 0 Å². The highest BCUT2D eigenvalue weighted by molar-refractivity contribution is 5.17. The smallest absolute Gasteiger partial charge is 0.0929 e. The standard InChI is InChI=1S/C15H24O2/c1-11-6-5-8-15(4)13(17-15)10-14(2,3)9-7-12(11)16/h6-7,9,12-13,16H,5,8,10H2,1-4H3/b9-7+,11-6+/t12-,13-,15-/m1/s1. The van der Waals surface area contributed by atoms with Gasteiger partial charge in [-0.25, -0.2) is 0 Å². The van der Waals surface area contributed by atoms with Gasteiger partial charge in [0.15, 0.2) is 0 Å². The maximum atomic E-state index is 9.98. The topological polar surface area (TPSA) is 32.8 Å². The van der Waals surface area contributed by atoms with E-state index in [4.69, 9.17) is 4.74 Å². The predicted octanol–water partition coefficient (Wildman–Crippen LogP) is 3.22. The van der Waals surface area contributed by atoms with Crippen molar-refractivity contribution >= 4 is 0 Å². The molecule has 1 aliphatic carbocycles. The minimum absolute atomic E-state index is 0.0666. The first-order valence-electron chi connectivity index (χ1n) is 6.54. The summed E-state index contributed by atoms with van der Waals surface area (Å²) in [6, 6.07) is 0. The molecule has 2 aliphatic rings. The SMILES string of the molecule is C/C1=C\CC[C@@]2(C)O[C@@H]2CC(C)(C)/C=C/[C@H]1O. The first-order chi connectivity index (χ1) is 7.82. The van der Waals surface area contributed by atoms with Crippen molar-refractivity contribution in [1.82, 2.24) is 0 Å². The van der Waals surface area contributed by atoms with Crippen LogP contribution in [-0.4, -0.2) is 22.9 Å². The number of hydrogen-bond donors (Lipinski definition) is 1. The van der Waals surface area contributed by atoms with Crippen molar-refractivity contribution in [3.63, 3.8) is 0 Å². The lowest BCUT2D eigenvalue weighted by molar-refractivity contribution is 0.252. The van der Waals surface area contributed by atoms with Crippen LogP contribution in [0.25, 0.3) is 0 Å². The van der Waals surface area contributed by atoms with Gasteiger partial charge in [-0.1, -0.05) is 32.1 Å². The van der Waals surface area contributed by atoms with Gasteiger partial charge in [0.2, 0.25) is 0 Å². The Morgan fingerprint density at radius 3 is 2.76 bits per heavy atom. The van der Waals surface area contributed by atoms with Crippen LogP contribution in [0.2, 0.25) is 0 Å². The van der Waals surface area contributed by atoms with Gasteiger partial charge < -0.3 is 9.84 Å². The number of allylic oxidation sites excluding steroid dienone is 2. The normalized spacial score (nSPS) is 46.1. The van der Waals surface area contributed by atoms with Gasteiger partial charge in [0, 0.05) is 0 Å². The van der Waals surface area contributed by atoms with Gasteiger partial charge in [0.1, 0.15) is 0 Å². The molecule has 0 unspecified atom stereocenters. The average molecular weight is 236 g/mol. The summed E-state index contributed by atoms with van der Waals surface area (Å²) in [6.45, 7) is 8.60. The van der Waals surface area contributed by atoms with Crippen molar-refractivity contribution < 1.29 is 9.84 Å². The number of aliphatic hydroxyl groups excluding tert-OH is 1. The van der Waals surface area contributed by atoms with E-state index in [9.17, 15) is 5.11 Å². The lowest BCUT2D eigenvalue weighted by Crippen LogP contribution is -2.17. The zero-order chi connectivity index (χ0) is 12.7. The monoisotopic (exact) mass is 236 g/mol. The number of hydrogen-bond acceptors (Lipinski definition) is 2. The Kier molecular flexibility index (Phi) is 3.21. The number of ether oxygens (including phenoxy) is 1. The Morgan fingerprint density at radius 1 is 1.35 bits per heavy atom. The molecule has 3 atom stereocenters. The van der Waals surface area contributed by atoms with E-state index >= 15 is 0 Å². The minimum Gasteiger partial charge on any atom is -0.385 e. The molecular formula is C15H24O2. The molecule has 2 rings (SSSR count). The molecule has 0 radical (unpaired) electrons. The van der Waals surface area contributed by atoms with Crippen molar-refractivity contribution in [2.24, 2.45) is 5.41 Å². The molecule has 0 aromatic heterocycles. The predicted molar refractivity (Wildman–Crippen MR) is 69.8 cm³/mol. The molecule has 1 fully saturated rings. The van der Waals surface area contributed by atoms with Crippen LogP contribution in [-0.2, 0) is 4.74 Å². The van der Waals surface area contributed by atoms with Gasteiger partial charge in [-0.15, -0.1) is 0 Å². The van der Waals surface area contributed by atoms with Crippen molar-refractivity contribution in [2.45, 2.75) is 64.8 Å². The van der Waals surface area contributed by atoms with Crippen LogP contribution in [0.4, 0.5) is 0 Å². The van der Waals surface area contributed by atoms with E-state index < -0.39 is 6.10 Å². The van der Waals surface area contributed by atoms with Crippen molar-refractivity contribution in [2.75, 3.05) is 0 Å². The molecule has 96 valence electrons. The molecule has 0 spiro atoms. The molecule has 0 aromatic carbocycles. The maximum absolute atomic E-state index is 9.98. The van der Waals surface area contributed by atoms with E-state index in [-0.39, 0.29) is 11.0 Å². The molecule has 1 aliphatic heterocycles. The third-order valence-electron chi connectivity index (χ3n) is 4.05. The van der Waals surface area contributed by atoms with Crippen LogP contribution in [0.15, 0.2) is 23.8 Å². The zero-order valence-corrected chi connectivity index (χ0v) is 11.4. The van der Waals surface area contributed by atoms with E-state index in [0.717, 1.165) is 24.8 Å². The maximum Gasteiger partial charge on any atom is 0.0929 e. The van der Waals surface area contributed by atoms with Crippen molar-refractivity contribution in [1.29, 1.82) is 0 Å². The first kappa shape index (κ1) is 12.8. The van der Waals surface area contributed by atoms with Gasteiger partial charge in [-0.3, -0.25) is 0 Å².